The van der Waals surface area contributed by atoms with Gasteiger partial charge in [-0.05, 0) is 19.1 Å². The fourth-order valence-electron chi connectivity index (χ4n) is 2.00. The third-order valence-corrected chi connectivity index (χ3v) is 3.15. The van der Waals surface area contributed by atoms with E-state index >= 15 is 0 Å². The van der Waals surface area contributed by atoms with E-state index < -0.39 is 0 Å². The van der Waals surface area contributed by atoms with Crippen molar-refractivity contribution in [2.45, 2.75) is 13.0 Å². The van der Waals surface area contributed by atoms with E-state index in [4.69, 9.17) is 4.74 Å². The Morgan fingerprint density at radius 1 is 1.29 bits per heavy atom. The summed E-state index contributed by atoms with van der Waals surface area (Å²) in [6, 6.07) is 9.95. The molecule has 0 spiro atoms. The molecule has 1 aromatic heterocycles. The van der Waals surface area contributed by atoms with Crippen molar-refractivity contribution in [1.29, 1.82) is 0 Å². The van der Waals surface area contributed by atoms with Crippen molar-refractivity contribution in [3.05, 3.63) is 58.0 Å². The average molecular weight is 287 g/mol. The Balaban J connectivity index is 2.18. The number of nitrogens with zero attached hydrogens (tertiary/aromatic N) is 2. The number of amides is 1. The maximum atomic E-state index is 12.2. The molecule has 1 N–H and O–H groups in total. The van der Waals surface area contributed by atoms with Gasteiger partial charge >= 0.3 is 0 Å². The largest absolute Gasteiger partial charge is 0.496 e. The predicted molar refractivity (Wildman–Crippen MR) is 78.4 cm³/mol. The summed E-state index contributed by atoms with van der Waals surface area (Å²) >= 11 is 0. The van der Waals surface area contributed by atoms with Crippen LogP contribution >= 0.6 is 0 Å². The van der Waals surface area contributed by atoms with Gasteiger partial charge in [-0.15, -0.1) is 0 Å². The molecule has 1 heterocycles. The van der Waals surface area contributed by atoms with Gasteiger partial charge in [0, 0.05) is 18.7 Å². The fourth-order valence-corrected chi connectivity index (χ4v) is 2.00. The molecule has 0 saturated heterocycles. The number of aryl methyl sites for hydroxylation is 1. The molecule has 110 valence electrons. The van der Waals surface area contributed by atoms with Crippen LogP contribution in [-0.2, 0) is 7.05 Å². The van der Waals surface area contributed by atoms with E-state index in [9.17, 15) is 9.59 Å². The van der Waals surface area contributed by atoms with Gasteiger partial charge in [0.15, 0.2) is 0 Å². The van der Waals surface area contributed by atoms with Crippen molar-refractivity contribution in [3.8, 4) is 5.75 Å². The fraction of sp³-hybridized carbons (Fsp3) is 0.267. The van der Waals surface area contributed by atoms with Crippen molar-refractivity contribution in [2.75, 3.05) is 7.11 Å². The predicted octanol–water partition coefficient (Wildman–Crippen LogP) is 1.28. The van der Waals surface area contributed by atoms with Crippen molar-refractivity contribution in [2.24, 2.45) is 7.05 Å². The molecule has 1 unspecified atom stereocenters. The van der Waals surface area contributed by atoms with Crippen molar-refractivity contribution in [3.63, 3.8) is 0 Å². The number of rotatable bonds is 4. The van der Waals surface area contributed by atoms with Gasteiger partial charge < -0.3 is 10.1 Å². The Hall–Kier alpha value is -2.63. The molecule has 2 rings (SSSR count). The minimum Gasteiger partial charge on any atom is -0.496 e. The lowest BCUT2D eigenvalue weighted by Crippen LogP contribution is -2.30. The summed E-state index contributed by atoms with van der Waals surface area (Å²) in [4.78, 5) is 23.4. The lowest BCUT2D eigenvalue weighted by atomic mass is 10.1. The average Bonchev–Trinajstić information content (AvgIpc) is 2.49. The van der Waals surface area contributed by atoms with Crippen LogP contribution in [0.2, 0.25) is 0 Å². The van der Waals surface area contributed by atoms with Crippen LogP contribution in [0, 0.1) is 0 Å². The second kappa shape index (κ2) is 6.21. The third-order valence-electron chi connectivity index (χ3n) is 3.15. The Morgan fingerprint density at radius 2 is 2.00 bits per heavy atom. The summed E-state index contributed by atoms with van der Waals surface area (Å²) < 4.78 is 6.40. The van der Waals surface area contributed by atoms with Gasteiger partial charge in [0.05, 0.1) is 13.2 Å². The Kier molecular flexibility index (Phi) is 4.37. The van der Waals surface area contributed by atoms with Crippen LogP contribution in [-0.4, -0.2) is 22.8 Å². The number of carbonyl (C=O) groups is 1. The van der Waals surface area contributed by atoms with Crippen LogP contribution in [0.5, 0.6) is 5.75 Å². The molecule has 0 radical (unpaired) electrons. The summed E-state index contributed by atoms with van der Waals surface area (Å²) in [7, 11) is 3.09. The first kappa shape index (κ1) is 14.8. The molecule has 0 bridgehead atoms. The van der Waals surface area contributed by atoms with E-state index in [-0.39, 0.29) is 23.2 Å². The molecular formula is C15H17N3O3. The monoisotopic (exact) mass is 287 g/mol. The van der Waals surface area contributed by atoms with Crippen molar-refractivity contribution >= 4 is 5.91 Å². The van der Waals surface area contributed by atoms with E-state index in [0.717, 1.165) is 10.2 Å². The van der Waals surface area contributed by atoms with Crippen molar-refractivity contribution < 1.29 is 9.53 Å². The quantitative estimate of drug-likeness (QED) is 0.919. The number of carbonyl (C=O) groups excluding carboxylic acids is 1. The summed E-state index contributed by atoms with van der Waals surface area (Å²) in [5.41, 5.74) is 0.807. The van der Waals surface area contributed by atoms with Gasteiger partial charge in [0.2, 0.25) is 0 Å². The zero-order valence-electron chi connectivity index (χ0n) is 12.2. The third kappa shape index (κ3) is 3.28. The number of nitrogens with one attached hydrogen (secondary N) is 1. The number of aromatic nitrogens is 2. The standard InChI is InChI=1S/C15H17N3O3/c1-10(11-6-4-5-7-13(11)21-3)16-15(20)12-8-9-14(19)18(2)17-12/h4-10H,1-3H3,(H,16,20). The highest BCUT2D eigenvalue weighted by molar-refractivity contribution is 5.92. The van der Waals surface area contributed by atoms with Crippen molar-refractivity contribution in [1.82, 2.24) is 15.1 Å². The molecule has 6 nitrogen and oxygen atoms in total. The maximum Gasteiger partial charge on any atom is 0.272 e. The van der Waals surface area contributed by atoms with Gasteiger partial charge in [-0.2, -0.15) is 5.10 Å². The Morgan fingerprint density at radius 3 is 2.67 bits per heavy atom. The number of benzene rings is 1. The zero-order chi connectivity index (χ0) is 15.4. The van der Waals surface area contributed by atoms with E-state index in [2.05, 4.69) is 10.4 Å². The van der Waals surface area contributed by atoms with E-state index in [0.29, 0.717) is 5.75 Å². The number of para-hydroxylation sites is 1. The molecule has 1 aromatic carbocycles. The van der Waals surface area contributed by atoms with Crippen LogP contribution in [0.25, 0.3) is 0 Å². The lowest BCUT2D eigenvalue weighted by Gasteiger charge is -2.17. The summed E-state index contributed by atoms with van der Waals surface area (Å²) in [5.74, 6) is 0.364. The number of methoxy groups -OCH3 is 1. The van der Waals surface area contributed by atoms with Crippen LogP contribution in [0.3, 0.4) is 0 Å². The summed E-state index contributed by atoms with van der Waals surface area (Å²) in [5, 5.41) is 6.76. The number of ether oxygens (including phenoxy) is 1. The summed E-state index contributed by atoms with van der Waals surface area (Å²) in [6.45, 7) is 1.86. The zero-order valence-corrected chi connectivity index (χ0v) is 12.2. The van der Waals surface area contributed by atoms with Gasteiger partial charge in [0.25, 0.3) is 11.5 Å². The van der Waals surface area contributed by atoms with Crippen LogP contribution < -0.4 is 15.6 Å². The smallest absolute Gasteiger partial charge is 0.272 e. The molecule has 6 heteroatoms. The molecule has 1 atom stereocenters. The van der Waals surface area contributed by atoms with Gasteiger partial charge in [0.1, 0.15) is 11.4 Å². The molecule has 0 saturated carbocycles. The van der Waals surface area contributed by atoms with E-state index in [1.807, 2.05) is 31.2 Å². The van der Waals surface area contributed by atoms with Crippen LogP contribution in [0.15, 0.2) is 41.2 Å². The highest BCUT2D eigenvalue weighted by Gasteiger charge is 2.16. The second-order valence-corrected chi connectivity index (χ2v) is 4.62. The minimum absolute atomic E-state index is 0.193. The van der Waals surface area contributed by atoms with Gasteiger partial charge in [-0.25, -0.2) is 4.68 Å². The van der Waals surface area contributed by atoms with Gasteiger partial charge in [-0.3, -0.25) is 9.59 Å². The van der Waals surface area contributed by atoms with E-state index in [1.54, 1.807) is 7.11 Å². The van der Waals surface area contributed by atoms with Crippen LogP contribution in [0.4, 0.5) is 0 Å². The SMILES string of the molecule is COc1ccccc1C(C)NC(=O)c1ccc(=O)n(C)n1. The topological polar surface area (TPSA) is 73.2 Å². The minimum atomic E-state index is -0.344. The van der Waals surface area contributed by atoms with Gasteiger partial charge in [-0.1, -0.05) is 18.2 Å². The molecule has 21 heavy (non-hydrogen) atoms. The first-order chi connectivity index (χ1) is 10.0. The Labute approximate surface area is 122 Å². The maximum absolute atomic E-state index is 12.2. The highest BCUT2D eigenvalue weighted by atomic mass is 16.5. The molecule has 0 aliphatic carbocycles. The lowest BCUT2D eigenvalue weighted by molar-refractivity contribution is 0.0932. The molecule has 0 fully saturated rings. The number of hydrogen-bond acceptors (Lipinski definition) is 4. The molecule has 1 amide bonds. The highest BCUT2D eigenvalue weighted by Crippen LogP contribution is 2.24. The first-order valence-electron chi connectivity index (χ1n) is 6.51. The second-order valence-electron chi connectivity index (χ2n) is 4.62. The molecule has 0 aliphatic heterocycles. The Bertz CT molecular complexity index is 709. The molecule has 2 aromatic rings. The molecule has 0 aliphatic rings. The molecular weight excluding hydrogens is 270 g/mol. The first-order valence-corrected chi connectivity index (χ1v) is 6.51. The van der Waals surface area contributed by atoms with E-state index in [1.165, 1.54) is 19.2 Å². The van der Waals surface area contributed by atoms with Crippen LogP contribution in [0.1, 0.15) is 29.0 Å². The number of hydrogen-bond donors (Lipinski definition) is 1. The normalized spacial score (nSPS) is 11.8. The summed E-state index contributed by atoms with van der Waals surface area (Å²) in [6.07, 6.45) is 0.